The standard InChI is InChI=1S/C17H20N2O3S/c1-18-7-6-13(10-16(18)20)17(21)19(11-14-4-2-8-22-14)12-15-5-3-9-23-15/h2-5,8-9,13H,6-7,10-12H2,1H3/t13-/m0/s1. The molecule has 1 aliphatic heterocycles. The van der Waals surface area contributed by atoms with Gasteiger partial charge in [-0.2, -0.15) is 0 Å². The van der Waals surface area contributed by atoms with E-state index >= 15 is 0 Å². The van der Waals surface area contributed by atoms with Gasteiger partial charge >= 0.3 is 0 Å². The highest BCUT2D eigenvalue weighted by Gasteiger charge is 2.32. The summed E-state index contributed by atoms with van der Waals surface area (Å²) in [6, 6.07) is 7.69. The Kier molecular flexibility index (Phi) is 4.81. The van der Waals surface area contributed by atoms with Crippen molar-refractivity contribution in [2.45, 2.75) is 25.9 Å². The maximum atomic E-state index is 12.9. The number of hydrogen-bond acceptors (Lipinski definition) is 4. The van der Waals surface area contributed by atoms with Crippen LogP contribution in [0.4, 0.5) is 0 Å². The molecule has 0 bridgehead atoms. The van der Waals surface area contributed by atoms with Crippen LogP contribution in [0.3, 0.4) is 0 Å². The van der Waals surface area contributed by atoms with Gasteiger partial charge < -0.3 is 14.2 Å². The Hall–Kier alpha value is -2.08. The Morgan fingerprint density at radius 2 is 2.26 bits per heavy atom. The third-order valence-electron chi connectivity index (χ3n) is 4.17. The monoisotopic (exact) mass is 332 g/mol. The molecule has 3 heterocycles. The number of piperidine rings is 1. The molecule has 6 heteroatoms. The van der Waals surface area contributed by atoms with Gasteiger partial charge in [0.05, 0.1) is 19.4 Å². The van der Waals surface area contributed by atoms with Crippen molar-refractivity contribution in [3.05, 3.63) is 46.5 Å². The fraction of sp³-hybridized carbons (Fsp3) is 0.412. The van der Waals surface area contributed by atoms with E-state index in [9.17, 15) is 9.59 Å². The first kappa shape index (κ1) is 15.8. The van der Waals surface area contributed by atoms with Crippen LogP contribution in [-0.4, -0.2) is 35.2 Å². The van der Waals surface area contributed by atoms with Gasteiger partial charge in [0.25, 0.3) is 0 Å². The summed E-state index contributed by atoms with van der Waals surface area (Å²) in [5.41, 5.74) is 0. The third kappa shape index (κ3) is 3.82. The molecule has 0 spiro atoms. The van der Waals surface area contributed by atoms with E-state index in [2.05, 4.69) is 0 Å². The summed E-state index contributed by atoms with van der Waals surface area (Å²) in [5.74, 6) is 0.614. The number of furan rings is 1. The molecule has 3 rings (SSSR count). The van der Waals surface area contributed by atoms with Gasteiger partial charge in [0.2, 0.25) is 11.8 Å². The quantitative estimate of drug-likeness (QED) is 0.846. The summed E-state index contributed by atoms with van der Waals surface area (Å²) < 4.78 is 5.39. The number of hydrogen-bond donors (Lipinski definition) is 0. The third-order valence-corrected chi connectivity index (χ3v) is 5.04. The van der Waals surface area contributed by atoms with Gasteiger partial charge in [-0.15, -0.1) is 11.3 Å². The molecule has 1 aliphatic rings. The summed E-state index contributed by atoms with van der Waals surface area (Å²) >= 11 is 1.63. The van der Waals surface area contributed by atoms with Crippen molar-refractivity contribution in [1.82, 2.24) is 9.80 Å². The molecular formula is C17H20N2O3S. The first-order chi connectivity index (χ1) is 11.1. The van der Waals surface area contributed by atoms with Crippen molar-refractivity contribution in [3.8, 4) is 0 Å². The molecule has 122 valence electrons. The first-order valence-electron chi connectivity index (χ1n) is 7.71. The Bertz CT molecular complexity index is 615. The minimum atomic E-state index is -0.228. The van der Waals surface area contributed by atoms with Crippen molar-refractivity contribution in [2.75, 3.05) is 13.6 Å². The fourth-order valence-electron chi connectivity index (χ4n) is 2.80. The number of carbonyl (C=O) groups is 2. The molecular weight excluding hydrogens is 312 g/mol. The van der Waals surface area contributed by atoms with E-state index in [-0.39, 0.29) is 17.7 Å². The van der Waals surface area contributed by atoms with Crippen LogP contribution >= 0.6 is 11.3 Å². The lowest BCUT2D eigenvalue weighted by molar-refractivity contribution is -0.145. The molecule has 2 aromatic rings. The van der Waals surface area contributed by atoms with Gasteiger partial charge in [-0.3, -0.25) is 9.59 Å². The minimum absolute atomic E-state index is 0.0382. The normalized spacial score (nSPS) is 18.2. The van der Waals surface area contributed by atoms with E-state index in [0.29, 0.717) is 26.1 Å². The predicted molar refractivity (Wildman–Crippen MR) is 87.6 cm³/mol. The number of likely N-dealkylation sites (tertiary alicyclic amines) is 1. The summed E-state index contributed by atoms with van der Waals surface area (Å²) in [7, 11) is 1.79. The van der Waals surface area contributed by atoms with E-state index < -0.39 is 0 Å². The number of thiophene rings is 1. The molecule has 2 aromatic heterocycles. The van der Waals surface area contributed by atoms with Crippen LogP contribution in [0, 0.1) is 5.92 Å². The molecule has 1 saturated heterocycles. The molecule has 1 fully saturated rings. The van der Waals surface area contributed by atoms with Gasteiger partial charge in [-0.1, -0.05) is 6.07 Å². The number of amides is 2. The van der Waals surface area contributed by atoms with Crippen molar-refractivity contribution in [2.24, 2.45) is 5.92 Å². The van der Waals surface area contributed by atoms with Crippen molar-refractivity contribution < 1.29 is 14.0 Å². The number of carbonyl (C=O) groups excluding carboxylic acids is 2. The van der Waals surface area contributed by atoms with Crippen LogP contribution in [0.1, 0.15) is 23.5 Å². The highest BCUT2D eigenvalue weighted by molar-refractivity contribution is 7.09. The Balaban J connectivity index is 1.73. The SMILES string of the molecule is CN1CC[C@H](C(=O)N(Cc2ccco2)Cc2cccs2)CC1=O. The highest BCUT2D eigenvalue weighted by atomic mass is 32.1. The van der Waals surface area contributed by atoms with Gasteiger partial charge in [-0.05, 0) is 30.0 Å². The van der Waals surface area contributed by atoms with Crippen LogP contribution in [0.2, 0.25) is 0 Å². The van der Waals surface area contributed by atoms with Gasteiger partial charge in [-0.25, -0.2) is 0 Å². The van der Waals surface area contributed by atoms with Gasteiger partial charge in [0.1, 0.15) is 5.76 Å². The second-order valence-electron chi connectivity index (χ2n) is 5.86. The van der Waals surface area contributed by atoms with Crippen LogP contribution in [0.15, 0.2) is 40.3 Å². The zero-order chi connectivity index (χ0) is 16.2. The minimum Gasteiger partial charge on any atom is -0.467 e. The first-order valence-corrected chi connectivity index (χ1v) is 8.59. The maximum absolute atomic E-state index is 12.9. The van der Waals surface area contributed by atoms with Crippen molar-refractivity contribution in [3.63, 3.8) is 0 Å². The lowest BCUT2D eigenvalue weighted by atomic mass is 9.95. The summed E-state index contributed by atoms with van der Waals surface area (Å²) in [4.78, 5) is 29.4. The van der Waals surface area contributed by atoms with Crippen molar-refractivity contribution in [1.29, 1.82) is 0 Å². The second-order valence-corrected chi connectivity index (χ2v) is 6.89. The van der Waals surface area contributed by atoms with E-state index in [1.54, 1.807) is 34.4 Å². The average molecular weight is 332 g/mol. The summed E-state index contributed by atoms with van der Waals surface area (Å²) in [6.45, 7) is 1.63. The van der Waals surface area contributed by atoms with Crippen LogP contribution in [0.25, 0.3) is 0 Å². The van der Waals surface area contributed by atoms with E-state index in [4.69, 9.17) is 4.42 Å². The van der Waals surface area contributed by atoms with Gasteiger partial charge in [0, 0.05) is 30.8 Å². The molecule has 0 saturated carbocycles. The van der Waals surface area contributed by atoms with Crippen molar-refractivity contribution >= 4 is 23.2 Å². The van der Waals surface area contributed by atoms with E-state index in [0.717, 1.165) is 17.1 Å². The Morgan fingerprint density at radius 1 is 1.39 bits per heavy atom. The average Bonchev–Trinajstić information content (AvgIpc) is 3.22. The van der Waals surface area contributed by atoms with Crippen LogP contribution in [0.5, 0.6) is 0 Å². The molecule has 0 radical (unpaired) electrons. The van der Waals surface area contributed by atoms with Crippen LogP contribution in [-0.2, 0) is 22.7 Å². The van der Waals surface area contributed by atoms with Gasteiger partial charge in [0.15, 0.2) is 0 Å². The smallest absolute Gasteiger partial charge is 0.227 e. The van der Waals surface area contributed by atoms with E-state index in [1.165, 1.54) is 0 Å². The summed E-state index contributed by atoms with van der Waals surface area (Å²) in [6.07, 6.45) is 2.64. The molecule has 0 N–H and O–H groups in total. The predicted octanol–water partition coefficient (Wildman–Crippen LogP) is 2.74. The highest BCUT2D eigenvalue weighted by Crippen LogP contribution is 2.23. The molecule has 0 unspecified atom stereocenters. The zero-order valence-electron chi connectivity index (χ0n) is 13.1. The largest absolute Gasteiger partial charge is 0.467 e. The molecule has 23 heavy (non-hydrogen) atoms. The lowest BCUT2D eigenvalue weighted by Crippen LogP contribution is -2.43. The molecule has 1 atom stereocenters. The lowest BCUT2D eigenvalue weighted by Gasteiger charge is -2.31. The zero-order valence-corrected chi connectivity index (χ0v) is 13.9. The van der Waals surface area contributed by atoms with Crippen LogP contribution < -0.4 is 0 Å². The summed E-state index contributed by atoms with van der Waals surface area (Å²) in [5, 5.41) is 2.00. The molecule has 5 nitrogen and oxygen atoms in total. The molecule has 0 aromatic carbocycles. The number of rotatable bonds is 5. The second kappa shape index (κ2) is 7.00. The molecule has 0 aliphatic carbocycles. The molecule has 2 amide bonds. The topological polar surface area (TPSA) is 53.8 Å². The maximum Gasteiger partial charge on any atom is 0.227 e. The number of nitrogens with zero attached hydrogens (tertiary/aromatic N) is 2. The van der Waals surface area contributed by atoms with E-state index in [1.807, 2.05) is 29.6 Å². The Labute approximate surface area is 139 Å². The fourth-order valence-corrected chi connectivity index (χ4v) is 3.52. The Morgan fingerprint density at radius 3 is 2.91 bits per heavy atom.